The van der Waals surface area contributed by atoms with Crippen molar-refractivity contribution in [2.24, 2.45) is 0 Å². The summed E-state index contributed by atoms with van der Waals surface area (Å²) in [7, 11) is 0. The van der Waals surface area contributed by atoms with E-state index >= 15 is 0 Å². The van der Waals surface area contributed by atoms with Crippen LogP contribution in [-0.4, -0.2) is 31.2 Å². The molecule has 0 aromatic rings. The third kappa shape index (κ3) is 3.09. The minimum atomic E-state index is 0.861. The van der Waals surface area contributed by atoms with E-state index in [0.717, 1.165) is 26.3 Å². The highest BCUT2D eigenvalue weighted by Gasteiger charge is 2.05. The van der Waals surface area contributed by atoms with Gasteiger partial charge in [0.15, 0.2) is 0 Å². The number of hydrogen-bond donors (Lipinski definition) is 0. The fourth-order valence-electron chi connectivity index (χ4n) is 1.30. The number of allylic oxidation sites excluding steroid dienone is 3. The first-order valence-electron chi connectivity index (χ1n) is 4.46. The van der Waals surface area contributed by atoms with Crippen molar-refractivity contribution in [2.75, 3.05) is 26.3 Å². The van der Waals surface area contributed by atoms with Crippen LogP contribution < -0.4 is 0 Å². The Morgan fingerprint density at radius 3 is 2.58 bits per heavy atom. The second-order valence-corrected chi connectivity index (χ2v) is 3.02. The Bertz CT molecular complexity index is 178. The van der Waals surface area contributed by atoms with Gasteiger partial charge >= 0.3 is 0 Å². The van der Waals surface area contributed by atoms with Crippen molar-refractivity contribution in [3.8, 4) is 0 Å². The Labute approximate surface area is 74.5 Å². The van der Waals surface area contributed by atoms with Crippen LogP contribution in [0.3, 0.4) is 0 Å². The van der Waals surface area contributed by atoms with E-state index in [0.29, 0.717) is 0 Å². The maximum Gasteiger partial charge on any atom is 0.0642 e. The van der Waals surface area contributed by atoms with E-state index in [1.165, 1.54) is 5.57 Å². The lowest BCUT2D eigenvalue weighted by molar-refractivity contribution is 0.0591. The van der Waals surface area contributed by atoms with Gasteiger partial charge in [-0.25, -0.2) is 0 Å². The molecule has 0 saturated carbocycles. The van der Waals surface area contributed by atoms with Crippen LogP contribution in [-0.2, 0) is 4.74 Å². The van der Waals surface area contributed by atoms with Crippen LogP contribution >= 0.6 is 0 Å². The van der Waals surface area contributed by atoms with Gasteiger partial charge in [0.1, 0.15) is 0 Å². The second-order valence-electron chi connectivity index (χ2n) is 3.02. The quantitative estimate of drug-likeness (QED) is 0.581. The molecule has 0 radical (unpaired) electrons. The van der Waals surface area contributed by atoms with E-state index in [4.69, 9.17) is 4.74 Å². The Morgan fingerprint density at radius 1 is 1.33 bits per heavy atom. The second kappa shape index (κ2) is 4.99. The van der Waals surface area contributed by atoms with Gasteiger partial charge in [-0.3, -0.25) is 0 Å². The minimum Gasteiger partial charge on any atom is -0.378 e. The molecule has 0 unspecified atom stereocenters. The largest absolute Gasteiger partial charge is 0.378 e. The first kappa shape index (κ1) is 9.33. The maximum absolute atomic E-state index is 5.25. The monoisotopic (exact) mass is 167 g/mol. The van der Waals surface area contributed by atoms with Crippen LogP contribution in [0.2, 0.25) is 0 Å². The molecule has 1 rings (SSSR count). The summed E-state index contributed by atoms with van der Waals surface area (Å²) in [6.07, 6.45) is 6.38. The van der Waals surface area contributed by atoms with Crippen molar-refractivity contribution in [3.63, 3.8) is 0 Å². The lowest BCUT2D eigenvalue weighted by Crippen LogP contribution is -2.32. The third-order valence-electron chi connectivity index (χ3n) is 1.86. The smallest absolute Gasteiger partial charge is 0.0642 e. The molecule has 0 aromatic heterocycles. The Kier molecular flexibility index (Phi) is 3.88. The van der Waals surface area contributed by atoms with Crippen molar-refractivity contribution in [1.82, 2.24) is 4.90 Å². The number of ether oxygens (including phenoxy) is 1. The molecule has 1 aliphatic heterocycles. The summed E-state index contributed by atoms with van der Waals surface area (Å²) in [5.41, 5.74) is 1.31. The number of rotatable bonds is 2. The molecule has 0 spiro atoms. The first-order chi connectivity index (χ1) is 5.83. The first-order valence-corrected chi connectivity index (χ1v) is 4.46. The van der Waals surface area contributed by atoms with Crippen molar-refractivity contribution >= 4 is 0 Å². The van der Waals surface area contributed by atoms with Crippen molar-refractivity contribution in [2.45, 2.75) is 13.8 Å². The summed E-state index contributed by atoms with van der Waals surface area (Å²) < 4.78 is 5.25. The fourth-order valence-corrected chi connectivity index (χ4v) is 1.30. The standard InChI is InChI=1S/C10H17NO/c1-3-4-10(2)9-11-5-7-12-8-6-11/h3-4,9H,5-8H2,1-2H3. The van der Waals surface area contributed by atoms with Crippen LogP contribution in [0.15, 0.2) is 23.9 Å². The SMILES string of the molecule is CC=CC(C)=CN1CCOCC1. The summed E-state index contributed by atoms with van der Waals surface area (Å²) in [5, 5.41) is 0. The van der Waals surface area contributed by atoms with Gasteiger partial charge < -0.3 is 9.64 Å². The van der Waals surface area contributed by atoms with Crippen LogP contribution in [0.5, 0.6) is 0 Å². The highest BCUT2D eigenvalue weighted by Crippen LogP contribution is 2.02. The van der Waals surface area contributed by atoms with Gasteiger partial charge in [0.25, 0.3) is 0 Å². The topological polar surface area (TPSA) is 12.5 Å². The minimum absolute atomic E-state index is 0.861. The van der Waals surface area contributed by atoms with Gasteiger partial charge in [-0.15, -0.1) is 0 Å². The molecule has 0 N–H and O–H groups in total. The molecular formula is C10H17NO. The zero-order valence-corrected chi connectivity index (χ0v) is 7.92. The number of morpholine rings is 1. The van der Waals surface area contributed by atoms with E-state index < -0.39 is 0 Å². The molecule has 0 bridgehead atoms. The molecule has 1 saturated heterocycles. The van der Waals surface area contributed by atoms with Crippen molar-refractivity contribution < 1.29 is 4.74 Å². The van der Waals surface area contributed by atoms with Crippen molar-refractivity contribution in [1.29, 1.82) is 0 Å². The predicted molar refractivity (Wildman–Crippen MR) is 51.0 cm³/mol. The zero-order valence-electron chi connectivity index (χ0n) is 7.92. The molecule has 12 heavy (non-hydrogen) atoms. The maximum atomic E-state index is 5.25. The molecule has 1 fully saturated rings. The highest BCUT2D eigenvalue weighted by atomic mass is 16.5. The Balaban J connectivity index is 2.41. The van der Waals surface area contributed by atoms with Gasteiger partial charge in [-0.2, -0.15) is 0 Å². The van der Waals surface area contributed by atoms with Crippen LogP contribution in [0.1, 0.15) is 13.8 Å². The number of hydrogen-bond acceptors (Lipinski definition) is 2. The van der Waals surface area contributed by atoms with Crippen LogP contribution in [0, 0.1) is 0 Å². The van der Waals surface area contributed by atoms with Gasteiger partial charge in [0, 0.05) is 19.3 Å². The zero-order chi connectivity index (χ0) is 8.81. The van der Waals surface area contributed by atoms with Gasteiger partial charge in [-0.05, 0) is 19.4 Å². The molecule has 2 nitrogen and oxygen atoms in total. The summed E-state index contributed by atoms with van der Waals surface area (Å²) in [5.74, 6) is 0. The number of nitrogens with zero attached hydrogens (tertiary/aromatic N) is 1. The highest BCUT2D eigenvalue weighted by molar-refractivity contribution is 5.14. The van der Waals surface area contributed by atoms with Gasteiger partial charge in [0.05, 0.1) is 13.2 Å². The third-order valence-corrected chi connectivity index (χ3v) is 1.86. The van der Waals surface area contributed by atoms with Gasteiger partial charge in [-0.1, -0.05) is 12.2 Å². The molecule has 0 aliphatic carbocycles. The predicted octanol–water partition coefficient (Wildman–Crippen LogP) is 1.80. The molecular weight excluding hydrogens is 150 g/mol. The Hall–Kier alpha value is -0.760. The van der Waals surface area contributed by atoms with Crippen molar-refractivity contribution in [3.05, 3.63) is 23.9 Å². The Morgan fingerprint density at radius 2 is 2.00 bits per heavy atom. The molecule has 0 amide bonds. The summed E-state index contributed by atoms with van der Waals surface area (Å²) in [6.45, 7) is 7.93. The van der Waals surface area contributed by atoms with E-state index in [9.17, 15) is 0 Å². The summed E-state index contributed by atoms with van der Waals surface area (Å²) in [6, 6.07) is 0. The van der Waals surface area contributed by atoms with Gasteiger partial charge in [0.2, 0.25) is 0 Å². The molecule has 68 valence electrons. The molecule has 2 heteroatoms. The molecule has 1 heterocycles. The lowest BCUT2D eigenvalue weighted by Gasteiger charge is -2.25. The average Bonchev–Trinajstić information content (AvgIpc) is 2.06. The summed E-state index contributed by atoms with van der Waals surface area (Å²) >= 11 is 0. The lowest BCUT2D eigenvalue weighted by atomic mass is 10.3. The van der Waals surface area contributed by atoms with E-state index in [1.807, 2.05) is 6.92 Å². The average molecular weight is 167 g/mol. The fraction of sp³-hybridized carbons (Fsp3) is 0.600. The van der Waals surface area contributed by atoms with E-state index in [1.54, 1.807) is 0 Å². The summed E-state index contributed by atoms with van der Waals surface area (Å²) in [4.78, 5) is 2.30. The molecule has 0 atom stereocenters. The van der Waals surface area contributed by atoms with E-state index in [2.05, 4.69) is 30.2 Å². The molecule has 0 aromatic carbocycles. The van der Waals surface area contributed by atoms with Crippen LogP contribution in [0.4, 0.5) is 0 Å². The van der Waals surface area contributed by atoms with Crippen LogP contribution in [0.25, 0.3) is 0 Å². The molecule has 1 aliphatic rings. The normalized spacial score (nSPS) is 20.5. The van der Waals surface area contributed by atoms with E-state index in [-0.39, 0.29) is 0 Å².